The molecule has 0 saturated carbocycles. The molecule has 1 aromatic carbocycles. The smallest absolute Gasteiger partial charge is 0.357 e. The maximum absolute atomic E-state index is 11.5. The van der Waals surface area contributed by atoms with Crippen LogP contribution in [0.15, 0.2) is 54.7 Å². The van der Waals surface area contributed by atoms with E-state index in [1.807, 2.05) is 30.3 Å². The van der Waals surface area contributed by atoms with Crippen LogP contribution in [0.25, 0.3) is 0 Å². The van der Waals surface area contributed by atoms with E-state index < -0.39 is 5.97 Å². The van der Waals surface area contributed by atoms with Gasteiger partial charge in [0.1, 0.15) is 12.3 Å². The van der Waals surface area contributed by atoms with Crippen molar-refractivity contribution in [3.63, 3.8) is 0 Å². The monoisotopic (exact) mass is 249 g/mol. The highest BCUT2D eigenvalue weighted by molar-refractivity contribution is 5.87. The van der Waals surface area contributed by atoms with Gasteiger partial charge < -0.3 is 4.74 Å². The van der Waals surface area contributed by atoms with Gasteiger partial charge in [0.05, 0.1) is 0 Å². The summed E-state index contributed by atoms with van der Waals surface area (Å²) >= 11 is 0. The Hall–Kier alpha value is -1.87. The van der Waals surface area contributed by atoms with Gasteiger partial charge in [-0.3, -0.25) is 0 Å². The number of halogens is 1. The molecule has 0 radical (unpaired) electrons. The lowest BCUT2D eigenvalue weighted by Gasteiger charge is -2.03. The van der Waals surface area contributed by atoms with E-state index in [2.05, 4.69) is 4.98 Å². The Morgan fingerprint density at radius 1 is 1.06 bits per heavy atom. The Labute approximate surface area is 106 Å². The van der Waals surface area contributed by atoms with Crippen LogP contribution >= 0.6 is 12.4 Å². The summed E-state index contributed by atoms with van der Waals surface area (Å²) in [6.45, 7) is 0.274. The molecule has 88 valence electrons. The number of esters is 1. The predicted octanol–water partition coefficient (Wildman–Crippen LogP) is 2.86. The zero-order chi connectivity index (χ0) is 11.2. The molecule has 1 heterocycles. The molecule has 0 aliphatic heterocycles. The number of benzene rings is 1. The zero-order valence-corrected chi connectivity index (χ0v) is 9.89. The summed E-state index contributed by atoms with van der Waals surface area (Å²) in [5.74, 6) is -0.399. The molecule has 0 amide bonds. The van der Waals surface area contributed by atoms with Crippen LogP contribution in [0.5, 0.6) is 0 Å². The third-order valence-corrected chi connectivity index (χ3v) is 2.09. The maximum Gasteiger partial charge on any atom is 0.357 e. The summed E-state index contributed by atoms with van der Waals surface area (Å²) in [5.41, 5.74) is 1.30. The zero-order valence-electron chi connectivity index (χ0n) is 9.08. The number of nitrogens with zero attached hydrogens (tertiary/aromatic N) is 1. The normalized spacial score (nSPS) is 9.18. The fourth-order valence-electron chi connectivity index (χ4n) is 1.28. The molecule has 0 aliphatic rings. The van der Waals surface area contributed by atoms with E-state index in [0.29, 0.717) is 5.69 Å². The largest absolute Gasteiger partial charge is 0.456 e. The molecular weight excluding hydrogens is 238 g/mol. The lowest BCUT2D eigenvalue weighted by Crippen LogP contribution is -2.06. The number of carbonyl (C=O) groups is 1. The Balaban J connectivity index is 0.00000144. The van der Waals surface area contributed by atoms with E-state index in [9.17, 15) is 4.79 Å². The number of hydrogen-bond acceptors (Lipinski definition) is 3. The average molecular weight is 250 g/mol. The molecule has 3 nitrogen and oxygen atoms in total. The van der Waals surface area contributed by atoms with Crippen LogP contribution in [0.1, 0.15) is 16.1 Å². The molecule has 1 aromatic heterocycles. The molecule has 0 bridgehead atoms. The van der Waals surface area contributed by atoms with Gasteiger partial charge >= 0.3 is 5.97 Å². The molecular formula is C13H12ClNO2. The van der Waals surface area contributed by atoms with Crippen LogP contribution in [0.2, 0.25) is 0 Å². The van der Waals surface area contributed by atoms with Gasteiger partial charge in [-0.2, -0.15) is 0 Å². The van der Waals surface area contributed by atoms with Gasteiger partial charge in [-0.15, -0.1) is 12.4 Å². The first-order valence-corrected chi connectivity index (χ1v) is 4.98. The quantitative estimate of drug-likeness (QED) is 0.786. The Bertz CT molecular complexity index is 459. The van der Waals surface area contributed by atoms with Crippen LogP contribution < -0.4 is 0 Å². The van der Waals surface area contributed by atoms with Crippen LogP contribution in [0, 0.1) is 0 Å². The Morgan fingerprint density at radius 2 is 1.76 bits per heavy atom. The predicted molar refractivity (Wildman–Crippen MR) is 67.0 cm³/mol. The second kappa shape index (κ2) is 6.66. The topological polar surface area (TPSA) is 39.2 Å². The minimum atomic E-state index is -0.399. The van der Waals surface area contributed by atoms with Crippen molar-refractivity contribution in [2.45, 2.75) is 6.61 Å². The van der Waals surface area contributed by atoms with Crippen LogP contribution in [0.3, 0.4) is 0 Å². The van der Waals surface area contributed by atoms with Crippen molar-refractivity contribution in [1.82, 2.24) is 4.98 Å². The molecule has 2 aromatic rings. The summed E-state index contributed by atoms with van der Waals surface area (Å²) in [5, 5.41) is 0. The number of carbonyl (C=O) groups excluding carboxylic acids is 1. The van der Waals surface area contributed by atoms with Crippen molar-refractivity contribution in [1.29, 1.82) is 0 Å². The van der Waals surface area contributed by atoms with Gasteiger partial charge in [0, 0.05) is 6.20 Å². The lowest BCUT2D eigenvalue weighted by atomic mass is 10.2. The van der Waals surface area contributed by atoms with Gasteiger partial charge in [0.2, 0.25) is 0 Å². The van der Waals surface area contributed by atoms with E-state index in [-0.39, 0.29) is 19.0 Å². The number of pyridine rings is 1. The number of rotatable bonds is 3. The molecule has 0 spiro atoms. The third-order valence-electron chi connectivity index (χ3n) is 2.09. The Morgan fingerprint density at radius 3 is 2.41 bits per heavy atom. The van der Waals surface area contributed by atoms with E-state index >= 15 is 0 Å². The van der Waals surface area contributed by atoms with E-state index in [0.717, 1.165) is 5.56 Å². The summed E-state index contributed by atoms with van der Waals surface area (Å²) in [6.07, 6.45) is 1.57. The summed E-state index contributed by atoms with van der Waals surface area (Å²) in [6, 6.07) is 14.7. The van der Waals surface area contributed by atoms with Gasteiger partial charge in [-0.25, -0.2) is 9.78 Å². The summed E-state index contributed by atoms with van der Waals surface area (Å²) in [4.78, 5) is 15.4. The molecule has 17 heavy (non-hydrogen) atoms. The molecule has 0 unspecified atom stereocenters. The van der Waals surface area contributed by atoms with E-state index in [4.69, 9.17) is 4.74 Å². The number of aromatic nitrogens is 1. The first kappa shape index (κ1) is 13.2. The molecule has 0 aliphatic carbocycles. The van der Waals surface area contributed by atoms with E-state index in [1.54, 1.807) is 24.4 Å². The minimum absolute atomic E-state index is 0. The summed E-state index contributed by atoms with van der Waals surface area (Å²) < 4.78 is 5.11. The molecule has 4 heteroatoms. The second-order valence-electron chi connectivity index (χ2n) is 3.28. The van der Waals surface area contributed by atoms with Crippen molar-refractivity contribution >= 4 is 18.4 Å². The molecule has 2 rings (SSSR count). The molecule has 0 saturated heterocycles. The van der Waals surface area contributed by atoms with Gasteiger partial charge in [-0.05, 0) is 17.7 Å². The molecule has 0 atom stereocenters. The van der Waals surface area contributed by atoms with Crippen molar-refractivity contribution in [2.24, 2.45) is 0 Å². The standard InChI is InChI=1S/C13H11NO2.ClH/c15-13(12-8-4-5-9-14-12)16-10-11-6-2-1-3-7-11;/h1-9H,10H2;1H. The van der Waals surface area contributed by atoms with Crippen molar-refractivity contribution < 1.29 is 9.53 Å². The number of ether oxygens (including phenoxy) is 1. The van der Waals surface area contributed by atoms with Crippen molar-refractivity contribution in [2.75, 3.05) is 0 Å². The second-order valence-corrected chi connectivity index (χ2v) is 3.28. The Kier molecular flexibility index (Phi) is 5.17. The number of hydrogen-bond donors (Lipinski definition) is 0. The van der Waals surface area contributed by atoms with Crippen LogP contribution in [-0.2, 0) is 11.3 Å². The minimum Gasteiger partial charge on any atom is -0.456 e. The first-order chi connectivity index (χ1) is 7.86. The fraction of sp³-hybridized carbons (Fsp3) is 0.0769. The van der Waals surface area contributed by atoms with Gasteiger partial charge in [0.25, 0.3) is 0 Å². The van der Waals surface area contributed by atoms with Crippen molar-refractivity contribution in [3.05, 3.63) is 66.0 Å². The third kappa shape index (κ3) is 3.89. The highest BCUT2D eigenvalue weighted by Crippen LogP contribution is 2.03. The SMILES string of the molecule is Cl.O=C(OCc1ccccc1)c1ccccn1. The maximum atomic E-state index is 11.5. The van der Waals surface area contributed by atoms with Crippen molar-refractivity contribution in [3.8, 4) is 0 Å². The molecule has 0 N–H and O–H groups in total. The van der Waals surface area contributed by atoms with Crippen LogP contribution in [-0.4, -0.2) is 11.0 Å². The average Bonchev–Trinajstić information content (AvgIpc) is 2.38. The van der Waals surface area contributed by atoms with E-state index in [1.165, 1.54) is 0 Å². The first-order valence-electron chi connectivity index (χ1n) is 4.98. The lowest BCUT2D eigenvalue weighted by molar-refractivity contribution is 0.0466. The van der Waals surface area contributed by atoms with Gasteiger partial charge in [0.15, 0.2) is 0 Å². The summed E-state index contributed by atoms with van der Waals surface area (Å²) in [7, 11) is 0. The highest BCUT2D eigenvalue weighted by atomic mass is 35.5. The highest BCUT2D eigenvalue weighted by Gasteiger charge is 2.07. The molecule has 0 fully saturated rings. The fourth-order valence-corrected chi connectivity index (χ4v) is 1.28. The van der Waals surface area contributed by atoms with Crippen LogP contribution in [0.4, 0.5) is 0 Å². The van der Waals surface area contributed by atoms with Gasteiger partial charge in [-0.1, -0.05) is 36.4 Å².